The van der Waals surface area contributed by atoms with Crippen molar-refractivity contribution < 1.29 is 14.3 Å². The number of carbonyl (C=O) groups excluding carboxylic acids is 1. The van der Waals surface area contributed by atoms with Gasteiger partial charge in [0.1, 0.15) is 11.3 Å². The van der Waals surface area contributed by atoms with E-state index in [4.69, 9.17) is 9.47 Å². The molecule has 0 N–H and O–H groups in total. The number of benzene rings is 1. The normalized spacial score (nSPS) is 17.5. The molecule has 0 bridgehead atoms. The third-order valence-corrected chi connectivity index (χ3v) is 6.02. The van der Waals surface area contributed by atoms with Crippen LogP contribution in [0.5, 0.6) is 0 Å². The molecule has 0 aromatic heterocycles. The Bertz CT molecular complexity index is 780. The molecule has 1 atom stereocenters. The second kappa shape index (κ2) is 13.0. The highest BCUT2D eigenvalue weighted by Gasteiger charge is 2.45. The lowest BCUT2D eigenvalue weighted by molar-refractivity contribution is -0.0626. The summed E-state index contributed by atoms with van der Waals surface area (Å²) in [5.74, 6) is 6.62. The molecule has 0 unspecified atom stereocenters. The number of rotatable bonds is 10. The van der Waals surface area contributed by atoms with Crippen LogP contribution in [0.15, 0.2) is 24.3 Å². The molecule has 0 spiro atoms. The van der Waals surface area contributed by atoms with Gasteiger partial charge < -0.3 is 9.47 Å². The van der Waals surface area contributed by atoms with Crippen LogP contribution < -0.4 is 0 Å². The summed E-state index contributed by atoms with van der Waals surface area (Å²) in [5, 5.41) is 0. The second-order valence-corrected chi connectivity index (χ2v) is 10.7. The first-order chi connectivity index (χ1) is 15.6. The number of hydrogen-bond acceptors (Lipinski definition) is 3. The van der Waals surface area contributed by atoms with Gasteiger partial charge in [0.05, 0.1) is 12.6 Å². The number of carbonyl (C=O) groups is 1. The van der Waals surface area contributed by atoms with Crippen molar-refractivity contribution in [3.8, 4) is 11.8 Å². The zero-order valence-corrected chi connectivity index (χ0v) is 21.8. The molecule has 1 saturated heterocycles. The van der Waals surface area contributed by atoms with Gasteiger partial charge >= 0.3 is 6.09 Å². The maximum atomic E-state index is 12.8. The Morgan fingerprint density at radius 2 is 1.73 bits per heavy atom. The van der Waals surface area contributed by atoms with Gasteiger partial charge in [-0.3, -0.25) is 4.90 Å². The Kier molecular flexibility index (Phi) is 10.8. The van der Waals surface area contributed by atoms with E-state index in [0.717, 1.165) is 24.8 Å². The van der Waals surface area contributed by atoms with Gasteiger partial charge in [-0.15, -0.1) is 0 Å². The van der Waals surface area contributed by atoms with Crippen LogP contribution in [0.1, 0.15) is 110 Å². The second-order valence-electron chi connectivity index (χ2n) is 10.7. The summed E-state index contributed by atoms with van der Waals surface area (Å²) in [4.78, 5) is 14.5. The van der Waals surface area contributed by atoms with Crippen LogP contribution >= 0.6 is 0 Å². The van der Waals surface area contributed by atoms with Gasteiger partial charge in [-0.05, 0) is 71.6 Å². The largest absolute Gasteiger partial charge is 0.444 e. The van der Waals surface area contributed by atoms with E-state index >= 15 is 0 Å². The Morgan fingerprint density at radius 3 is 2.36 bits per heavy atom. The Labute approximate surface area is 202 Å². The number of amides is 1. The minimum atomic E-state index is -0.651. The van der Waals surface area contributed by atoms with Crippen LogP contribution in [-0.2, 0) is 15.9 Å². The SMILES string of the molecule is CCCCCCCCCC#Cc1ccc(CC[C@@H]2COC(C)(C)N2C(=O)OC(C)(C)C)cc1. The fourth-order valence-electron chi connectivity index (χ4n) is 4.20. The van der Waals surface area contributed by atoms with Crippen molar-refractivity contribution in [2.24, 2.45) is 0 Å². The van der Waals surface area contributed by atoms with Crippen molar-refractivity contribution in [3.63, 3.8) is 0 Å². The van der Waals surface area contributed by atoms with Crippen molar-refractivity contribution in [1.82, 2.24) is 4.90 Å². The zero-order valence-electron chi connectivity index (χ0n) is 21.8. The predicted octanol–water partition coefficient (Wildman–Crippen LogP) is 7.48. The molecule has 1 heterocycles. The molecule has 2 rings (SSSR count). The maximum absolute atomic E-state index is 12.8. The molecule has 0 saturated carbocycles. The van der Waals surface area contributed by atoms with Gasteiger partial charge in [0.2, 0.25) is 0 Å². The first-order valence-corrected chi connectivity index (χ1v) is 12.9. The van der Waals surface area contributed by atoms with Crippen LogP contribution in [0.2, 0.25) is 0 Å². The standard InChI is InChI=1S/C29H45NO3/c1-7-8-9-10-11-12-13-14-15-16-24-17-19-25(20-18-24)21-22-26-23-32-29(5,6)30(26)27(31)33-28(2,3)4/h17-20,26H,7-14,21-23H2,1-6H3/t26-/m1/s1. The van der Waals surface area contributed by atoms with E-state index in [-0.39, 0.29) is 12.1 Å². The maximum Gasteiger partial charge on any atom is 0.412 e. The number of hydrogen-bond donors (Lipinski definition) is 0. The number of aryl methyl sites for hydroxylation is 1. The molecular formula is C29H45NO3. The average molecular weight is 456 g/mol. The van der Waals surface area contributed by atoms with Crippen molar-refractivity contribution in [3.05, 3.63) is 35.4 Å². The van der Waals surface area contributed by atoms with Gasteiger partial charge in [0, 0.05) is 12.0 Å². The van der Waals surface area contributed by atoms with Gasteiger partial charge in [-0.25, -0.2) is 4.79 Å². The quantitative estimate of drug-likeness (QED) is 0.271. The number of ether oxygens (including phenoxy) is 2. The smallest absolute Gasteiger partial charge is 0.412 e. The molecule has 0 aliphatic carbocycles. The summed E-state index contributed by atoms with van der Waals surface area (Å²) in [6, 6.07) is 8.52. The summed E-state index contributed by atoms with van der Waals surface area (Å²) in [7, 11) is 0. The fraction of sp³-hybridized carbons (Fsp3) is 0.690. The van der Waals surface area contributed by atoms with Crippen LogP contribution in [0, 0.1) is 11.8 Å². The predicted molar refractivity (Wildman–Crippen MR) is 136 cm³/mol. The highest BCUT2D eigenvalue weighted by Crippen LogP contribution is 2.31. The van der Waals surface area contributed by atoms with Crippen LogP contribution in [0.25, 0.3) is 0 Å². The highest BCUT2D eigenvalue weighted by atomic mass is 16.6. The van der Waals surface area contributed by atoms with E-state index in [1.807, 2.05) is 34.6 Å². The van der Waals surface area contributed by atoms with Crippen LogP contribution in [0.3, 0.4) is 0 Å². The van der Waals surface area contributed by atoms with E-state index < -0.39 is 11.3 Å². The molecule has 1 fully saturated rings. The lowest BCUT2D eigenvalue weighted by atomic mass is 10.0. The van der Waals surface area contributed by atoms with Crippen LogP contribution in [0.4, 0.5) is 4.79 Å². The molecule has 1 aliphatic rings. The molecule has 1 aromatic carbocycles. The summed E-state index contributed by atoms with van der Waals surface area (Å²) in [5.41, 5.74) is 1.15. The Hall–Kier alpha value is -1.99. The van der Waals surface area contributed by atoms with E-state index in [2.05, 4.69) is 43.0 Å². The molecule has 4 heteroatoms. The van der Waals surface area contributed by atoms with Gasteiger partial charge in [-0.2, -0.15) is 0 Å². The molecule has 184 valence electrons. The van der Waals surface area contributed by atoms with E-state index in [0.29, 0.717) is 6.61 Å². The monoisotopic (exact) mass is 455 g/mol. The molecule has 0 radical (unpaired) electrons. The molecule has 1 aromatic rings. The lowest BCUT2D eigenvalue weighted by Gasteiger charge is -2.35. The van der Waals surface area contributed by atoms with Crippen molar-refractivity contribution in [2.45, 2.75) is 123 Å². The molecule has 1 amide bonds. The average Bonchev–Trinajstić information content (AvgIpc) is 3.05. The summed E-state index contributed by atoms with van der Waals surface area (Å²) < 4.78 is 11.5. The third kappa shape index (κ3) is 9.80. The summed E-state index contributed by atoms with van der Waals surface area (Å²) in [6.07, 6.45) is 11.6. The minimum absolute atomic E-state index is 0.0105. The topological polar surface area (TPSA) is 38.8 Å². The Morgan fingerprint density at radius 1 is 1.09 bits per heavy atom. The first kappa shape index (κ1) is 27.3. The van der Waals surface area contributed by atoms with Crippen molar-refractivity contribution >= 4 is 6.09 Å². The molecular weight excluding hydrogens is 410 g/mol. The van der Waals surface area contributed by atoms with Crippen LogP contribution in [-0.4, -0.2) is 35.0 Å². The molecule has 4 nitrogen and oxygen atoms in total. The fourth-order valence-corrected chi connectivity index (χ4v) is 4.20. The summed E-state index contributed by atoms with van der Waals surface area (Å²) >= 11 is 0. The zero-order chi connectivity index (χ0) is 24.3. The van der Waals surface area contributed by atoms with E-state index in [1.165, 1.54) is 50.5 Å². The molecule has 1 aliphatic heterocycles. The van der Waals surface area contributed by atoms with Crippen molar-refractivity contribution in [1.29, 1.82) is 0 Å². The lowest BCUT2D eigenvalue weighted by Crippen LogP contribution is -2.49. The third-order valence-electron chi connectivity index (χ3n) is 6.02. The highest BCUT2D eigenvalue weighted by molar-refractivity contribution is 5.69. The van der Waals surface area contributed by atoms with Gasteiger partial charge in [-0.1, -0.05) is 69.4 Å². The van der Waals surface area contributed by atoms with Gasteiger partial charge in [0.25, 0.3) is 0 Å². The first-order valence-electron chi connectivity index (χ1n) is 12.9. The summed E-state index contributed by atoms with van der Waals surface area (Å²) in [6.45, 7) is 12.3. The number of unbranched alkanes of at least 4 members (excludes halogenated alkanes) is 7. The minimum Gasteiger partial charge on any atom is -0.444 e. The van der Waals surface area contributed by atoms with E-state index in [9.17, 15) is 4.79 Å². The number of nitrogens with zero attached hydrogens (tertiary/aromatic N) is 1. The molecule has 33 heavy (non-hydrogen) atoms. The van der Waals surface area contributed by atoms with Gasteiger partial charge in [0.15, 0.2) is 0 Å². The Balaban J connectivity index is 1.79. The van der Waals surface area contributed by atoms with E-state index in [1.54, 1.807) is 4.90 Å². The van der Waals surface area contributed by atoms with Crippen molar-refractivity contribution in [2.75, 3.05) is 6.61 Å².